The van der Waals surface area contributed by atoms with Gasteiger partial charge in [-0.3, -0.25) is 4.79 Å². The van der Waals surface area contributed by atoms with Crippen molar-refractivity contribution >= 4 is 29.2 Å². The number of nitrogens with zero attached hydrogens (tertiary/aromatic N) is 1. The number of aromatic nitrogens is 1. The average Bonchev–Trinajstić information content (AvgIpc) is 3.15. The van der Waals surface area contributed by atoms with Crippen LogP contribution in [0.4, 0.5) is 5.69 Å². The van der Waals surface area contributed by atoms with Crippen LogP contribution in [-0.2, 0) is 16.0 Å². The molecule has 0 bridgehead atoms. The molecule has 1 N–H and O–H groups in total. The van der Waals surface area contributed by atoms with E-state index in [0.29, 0.717) is 34.3 Å². The number of carbonyl (C=O) groups is 2. The van der Waals surface area contributed by atoms with E-state index >= 15 is 0 Å². The summed E-state index contributed by atoms with van der Waals surface area (Å²) < 4.78 is 10.3. The van der Waals surface area contributed by atoms with Gasteiger partial charge in [-0.25, -0.2) is 9.78 Å². The van der Waals surface area contributed by atoms with E-state index in [-0.39, 0.29) is 12.3 Å². The number of methoxy groups -OCH3 is 1. The quantitative estimate of drug-likeness (QED) is 0.639. The molecule has 3 rings (SSSR count). The number of ether oxygens (including phenoxy) is 1. The molecule has 6 nitrogen and oxygen atoms in total. The summed E-state index contributed by atoms with van der Waals surface area (Å²) in [5, 5.41) is 3.34. The highest BCUT2D eigenvalue weighted by Crippen LogP contribution is 2.28. The first-order valence-corrected chi connectivity index (χ1v) is 8.62. The van der Waals surface area contributed by atoms with Crippen molar-refractivity contribution in [2.75, 3.05) is 12.4 Å². The summed E-state index contributed by atoms with van der Waals surface area (Å²) in [6, 6.07) is 13.8. The van der Waals surface area contributed by atoms with Crippen LogP contribution in [0.15, 0.2) is 59.1 Å². The highest BCUT2D eigenvalue weighted by Gasteiger charge is 2.11. The van der Waals surface area contributed by atoms with Crippen LogP contribution in [0.5, 0.6) is 0 Å². The zero-order valence-electron chi connectivity index (χ0n) is 14.6. The predicted octanol–water partition coefficient (Wildman–Crippen LogP) is 4.35. The van der Waals surface area contributed by atoms with Crippen LogP contribution in [0, 0.1) is 0 Å². The predicted molar refractivity (Wildman–Crippen MR) is 102 cm³/mol. The number of amides is 1. The Labute approximate surface area is 161 Å². The number of halogens is 1. The van der Waals surface area contributed by atoms with Gasteiger partial charge in [-0.05, 0) is 36.4 Å². The van der Waals surface area contributed by atoms with Crippen molar-refractivity contribution in [2.45, 2.75) is 12.8 Å². The van der Waals surface area contributed by atoms with Gasteiger partial charge in [0.05, 0.1) is 23.9 Å². The largest absolute Gasteiger partial charge is 0.465 e. The number of hydrogen-bond donors (Lipinski definition) is 1. The lowest BCUT2D eigenvalue weighted by molar-refractivity contribution is -0.116. The molecule has 138 valence electrons. The van der Waals surface area contributed by atoms with E-state index in [1.165, 1.54) is 7.11 Å². The highest BCUT2D eigenvalue weighted by atomic mass is 35.5. The van der Waals surface area contributed by atoms with E-state index in [2.05, 4.69) is 15.0 Å². The molecule has 0 aliphatic heterocycles. The molecule has 0 unspecified atom stereocenters. The number of carbonyl (C=O) groups excluding carboxylic acids is 2. The molecule has 0 aliphatic rings. The normalized spacial score (nSPS) is 10.4. The monoisotopic (exact) mass is 384 g/mol. The molecule has 0 saturated heterocycles. The lowest BCUT2D eigenvalue weighted by Gasteiger charge is -2.05. The number of benzene rings is 2. The smallest absolute Gasteiger partial charge is 0.337 e. The Morgan fingerprint density at radius 1 is 1.15 bits per heavy atom. The van der Waals surface area contributed by atoms with Crippen molar-refractivity contribution in [2.24, 2.45) is 0 Å². The average molecular weight is 385 g/mol. The van der Waals surface area contributed by atoms with E-state index in [0.717, 1.165) is 5.56 Å². The van der Waals surface area contributed by atoms with Gasteiger partial charge < -0.3 is 14.5 Å². The molecule has 0 spiro atoms. The van der Waals surface area contributed by atoms with Crippen LogP contribution in [0.2, 0.25) is 5.02 Å². The molecule has 1 amide bonds. The van der Waals surface area contributed by atoms with E-state index in [1.807, 2.05) is 18.2 Å². The summed E-state index contributed by atoms with van der Waals surface area (Å²) in [6.45, 7) is 0. The molecule has 3 aromatic rings. The third kappa shape index (κ3) is 4.74. The molecule has 0 radical (unpaired) electrons. The fourth-order valence-corrected chi connectivity index (χ4v) is 2.69. The Morgan fingerprint density at radius 3 is 2.59 bits per heavy atom. The second-order valence-electron chi connectivity index (χ2n) is 5.72. The van der Waals surface area contributed by atoms with E-state index in [1.54, 1.807) is 36.5 Å². The molecular weight excluding hydrogens is 368 g/mol. The molecule has 0 fully saturated rings. The van der Waals surface area contributed by atoms with Crippen molar-refractivity contribution in [1.29, 1.82) is 0 Å². The van der Waals surface area contributed by atoms with Crippen molar-refractivity contribution in [1.82, 2.24) is 4.98 Å². The number of esters is 1. The lowest BCUT2D eigenvalue weighted by Crippen LogP contribution is -2.12. The van der Waals surface area contributed by atoms with Gasteiger partial charge >= 0.3 is 5.97 Å². The van der Waals surface area contributed by atoms with Crippen molar-refractivity contribution in [3.8, 4) is 11.3 Å². The molecular formula is C20H17ClN2O4. The Bertz CT molecular complexity index is 951. The van der Waals surface area contributed by atoms with E-state index in [9.17, 15) is 9.59 Å². The summed E-state index contributed by atoms with van der Waals surface area (Å²) in [5.41, 5.74) is 1.77. The van der Waals surface area contributed by atoms with Gasteiger partial charge in [-0.1, -0.05) is 23.7 Å². The van der Waals surface area contributed by atoms with Gasteiger partial charge in [0, 0.05) is 24.1 Å². The van der Waals surface area contributed by atoms with Gasteiger partial charge in [0.15, 0.2) is 11.7 Å². The molecule has 0 saturated carbocycles. The van der Waals surface area contributed by atoms with Gasteiger partial charge in [-0.2, -0.15) is 0 Å². The van der Waals surface area contributed by atoms with Gasteiger partial charge in [0.2, 0.25) is 5.91 Å². The Hall–Kier alpha value is -3.12. The number of anilines is 1. The summed E-state index contributed by atoms with van der Waals surface area (Å²) >= 11 is 6.14. The van der Waals surface area contributed by atoms with Crippen LogP contribution in [0.25, 0.3) is 11.3 Å². The topological polar surface area (TPSA) is 81.4 Å². The fourth-order valence-electron chi connectivity index (χ4n) is 2.46. The maximum atomic E-state index is 12.1. The molecule has 27 heavy (non-hydrogen) atoms. The first-order valence-electron chi connectivity index (χ1n) is 8.24. The summed E-state index contributed by atoms with van der Waals surface area (Å²) in [4.78, 5) is 27.7. The highest BCUT2D eigenvalue weighted by molar-refractivity contribution is 6.33. The van der Waals surface area contributed by atoms with E-state index < -0.39 is 5.97 Å². The third-order valence-corrected chi connectivity index (χ3v) is 4.18. The number of aryl methyl sites for hydroxylation is 1. The van der Waals surface area contributed by atoms with Crippen molar-refractivity contribution in [3.05, 3.63) is 71.2 Å². The van der Waals surface area contributed by atoms with Crippen molar-refractivity contribution in [3.63, 3.8) is 0 Å². The minimum Gasteiger partial charge on any atom is -0.465 e. The Kier molecular flexibility index (Phi) is 5.88. The first-order chi connectivity index (χ1) is 13.1. The van der Waals surface area contributed by atoms with E-state index in [4.69, 9.17) is 16.0 Å². The fraction of sp³-hybridized carbons (Fsp3) is 0.150. The minimum atomic E-state index is -0.425. The zero-order valence-corrected chi connectivity index (χ0v) is 15.3. The molecule has 7 heteroatoms. The van der Waals surface area contributed by atoms with Crippen LogP contribution in [-0.4, -0.2) is 24.0 Å². The lowest BCUT2D eigenvalue weighted by atomic mass is 10.2. The number of hydrogen-bond acceptors (Lipinski definition) is 5. The van der Waals surface area contributed by atoms with Gasteiger partial charge in [0.25, 0.3) is 0 Å². The van der Waals surface area contributed by atoms with Crippen molar-refractivity contribution < 1.29 is 18.7 Å². The Morgan fingerprint density at radius 2 is 1.89 bits per heavy atom. The van der Waals surface area contributed by atoms with Crippen LogP contribution in [0.3, 0.4) is 0 Å². The van der Waals surface area contributed by atoms with Crippen LogP contribution >= 0.6 is 11.6 Å². The minimum absolute atomic E-state index is 0.182. The maximum absolute atomic E-state index is 12.1. The third-order valence-electron chi connectivity index (χ3n) is 3.85. The summed E-state index contributed by atoms with van der Waals surface area (Å²) in [5.74, 6) is 0.417. The second-order valence-corrected chi connectivity index (χ2v) is 6.12. The summed E-state index contributed by atoms with van der Waals surface area (Å²) in [6.07, 6.45) is 2.16. The molecule has 2 aromatic carbocycles. The zero-order chi connectivity index (χ0) is 19.2. The number of nitrogens with one attached hydrogen (secondary N) is 1. The number of rotatable bonds is 6. The maximum Gasteiger partial charge on any atom is 0.337 e. The first kappa shape index (κ1) is 18.7. The second kappa shape index (κ2) is 8.51. The summed E-state index contributed by atoms with van der Waals surface area (Å²) in [7, 11) is 1.32. The van der Waals surface area contributed by atoms with Crippen LogP contribution in [0.1, 0.15) is 22.7 Å². The molecule has 1 aromatic heterocycles. The van der Waals surface area contributed by atoms with Crippen LogP contribution < -0.4 is 5.32 Å². The number of oxazole rings is 1. The van der Waals surface area contributed by atoms with Gasteiger partial charge in [0.1, 0.15) is 0 Å². The van der Waals surface area contributed by atoms with Gasteiger partial charge in [-0.15, -0.1) is 0 Å². The molecule has 1 heterocycles. The Balaban J connectivity index is 1.55. The molecule has 0 aliphatic carbocycles. The SMILES string of the molecule is COC(=O)c1ccc(NC(=O)CCc2ncc(-c3ccccc3Cl)o2)cc1. The molecule has 0 atom stereocenters. The standard InChI is InChI=1S/C20H17ClN2O4/c1-26-20(25)13-6-8-14(9-7-13)23-18(24)10-11-19-22-12-17(27-19)15-4-2-3-5-16(15)21/h2-9,12H,10-11H2,1H3,(H,23,24).